The molecule has 0 aliphatic rings. The van der Waals surface area contributed by atoms with Gasteiger partial charge in [0.25, 0.3) is 0 Å². The number of unbranched alkanes of at least 4 members (excludes halogenated alkanes) is 1. The Balaban J connectivity index is 2.04. The summed E-state index contributed by atoms with van der Waals surface area (Å²) >= 11 is 0. The topological polar surface area (TPSA) is 48.4 Å². The van der Waals surface area contributed by atoms with Gasteiger partial charge in [0.05, 0.1) is 24.8 Å². The normalized spacial score (nSPS) is 11.9. The molecule has 0 aliphatic heterocycles. The number of methoxy groups -OCH3 is 1. The quantitative estimate of drug-likeness (QED) is 0.427. The van der Waals surface area contributed by atoms with Gasteiger partial charge < -0.3 is 9.47 Å². The molecule has 2 rings (SSSR count). The molecule has 0 aliphatic carbocycles. The first-order valence-electron chi connectivity index (χ1n) is 9.93. The van der Waals surface area contributed by atoms with Gasteiger partial charge in [-0.15, -0.1) is 0 Å². The van der Waals surface area contributed by atoms with E-state index < -0.39 is 5.41 Å². The molecule has 0 saturated carbocycles. The van der Waals surface area contributed by atoms with Crippen LogP contribution in [0.3, 0.4) is 0 Å². The van der Waals surface area contributed by atoms with Gasteiger partial charge in [0.1, 0.15) is 0 Å². The predicted octanol–water partition coefficient (Wildman–Crippen LogP) is 5.79. The number of rotatable bonds is 8. The number of hydrogen-bond donors (Lipinski definition) is 0. The Morgan fingerprint density at radius 2 is 1.64 bits per heavy atom. The zero-order valence-electron chi connectivity index (χ0n) is 18.0. The Morgan fingerprint density at radius 1 is 0.964 bits per heavy atom. The summed E-state index contributed by atoms with van der Waals surface area (Å²) in [5, 5.41) is 0. The highest BCUT2D eigenvalue weighted by molar-refractivity contribution is 5.75. The molecule has 0 radical (unpaired) electrons. The summed E-state index contributed by atoms with van der Waals surface area (Å²) < 4.78 is 10.8. The zero-order chi connectivity index (χ0) is 20.8. The van der Waals surface area contributed by atoms with Gasteiger partial charge in [-0.1, -0.05) is 51.1 Å². The molecule has 152 valence electrons. The first-order chi connectivity index (χ1) is 13.1. The largest absolute Gasteiger partial charge is 0.478 e. The minimum atomic E-state index is -0.459. The van der Waals surface area contributed by atoms with Crippen molar-refractivity contribution in [3.05, 3.63) is 48.2 Å². The lowest BCUT2D eigenvalue weighted by Crippen LogP contribution is -2.25. The Kier molecular flexibility index (Phi) is 7.22. The van der Waals surface area contributed by atoms with Crippen molar-refractivity contribution in [2.45, 2.75) is 59.3 Å². The number of esters is 1. The maximum absolute atomic E-state index is 11.8. The fourth-order valence-electron chi connectivity index (χ4n) is 2.98. The van der Waals surface area contributed by atoms with Gasteiger partial charge in [-0.25, -0.2) is 4.98 Å². The minimum Gasteiger partial charge on any atom is -0.478 e. The van der Waals surface area contributed by atoms with Crippen LogP contribution in [0.5, 0.6) is 5.88 Å². The van der Waals surface area contributed by atoms with E-state index in [0.29, 0.717) is 12.5 Å². The van der Waals surface area contributed by atoms with Crippen molar-refractivity contribution in [3.8, 4) is 17.0 Å². The van der Waals surface area contributed by atoms with E-state index >= 15 is 0 Å². The standard InChI is InChI=1S/C24H33NO3/c1-23(2,3)20-16-19(18-12-8-7-9-13-18)17-21(25-20)28-15-11-10-14-24(4,5)22(26)27-6/h7-9,12-13,16-17H,10-11,14-15H2,1-6H3. The van der Waals surface area contributed by atoms with Crippen molar-refractivity contribution >= 4 is 5.97 Å². The fourth-order valence-corrected chi connectivity index (χ4v) is 2.98. The number of nitrogens with zero attached hydrogens (tertiary/aromatic N) is 1. The van der Waals surface area contributed by atoms with Crippen LogP contribution in [-0.2, 0) is 14.9 Å². The molecule has 0 atom stereocenters. The predicted molar refractivity (Wildman–Crippen MR) is 114 cm³/mol. The molecule has 4 heteroatoms. The number of aromatic nitrogens is 1. The van der Waals surface area contributed by atoms with Crippen LogP contribution >= 0.6 is 0 Å². The van der Waals surface area contributed by atoms with Crippen LogP contribution in [0.25, 0.3) is 11.1 Å². The lowest BCUT2D eigenvalue weighted by Gasteiger charge is -2.21. The van der Waals surface area contributed by atoms with Crippen LogP contribution in [-0.4, -0.2) is 24.7 Å². The smallest absolute Gasteiger partial charge is 0.311 e. The van der Waals surface area contributed by atoms with E-state index in [1.54, 1.807) is 0 Å². The van der Waals surface area contributed by atoms with Gasteiger partial charge in [0, 0.05) is 11.5 Å². The van der Waals surface area contributed by atoms with E-state index in [1.807, 2.05) is 38.1 Å². The molecule has 4 nitrogen and oxygen atoms in total. The molecule has 0 unspecified atom stereocenters. The fraction of sp³-hybridized carbons (Fsp3) is 0.500. The maximum atomic E-state index is 11.8. The summed E-state index contributed by atoms with van der Waals surface area (Å²) in [6.45, 7) is 10.9. The molecule has 0 N–H and O–H groups in total. The highest BCUT2D eigenvalue weighted by Gasteiger charge is 2.27. The molecule has 0 spiro atoms. The first-order valence-corrected chi connectivity index (χ1v) is 9.93. The van der Waals surface area contributed by atoms with Crippen molar-refractivity contribution < 1.29 is 14.3 Å². The van der Waals surface area contributed by atoms with Crippen LogP contribution in [0.4, 0.5) is 0 Å². The summed E-state index contributed by atoms with van der Waals surface area (Å²) in [4.78, 5) is 16.5. The molecule has 0 amide bonds. The minimum absolute atomic E-state index is 0.0621. The van der Waals surface area contributed by atoms with Crippen molar-refractivity contribution in [1.82, 2.24) is 4.98 Å². The SMILES string of the molecule is COC(=O)C(C)(C)CCCCOc1cc(-c2ccccc2)cc(C(C)(C)C)n1. The van der Waals surface area contributed by atoms with Crippen molar-refractivity contribution in [2.75, 3.05) is 13.7 Å². The van der Waals surface area contributed by atoms with E-state index in [4.69, 9.17) is 14.5 Å². The molecule has 1 heterocycles. The third kappa shape index (κ3) is 6.08. The summed E-state index contributed by atoms with van der Waals surface area (Å²) in [6.07, 6.45) is 2.53. The highest BCUT2D eigenvalue weighted by Crippen LogP contribution is 2.30. The molecule has 1 aromatic heterocycles. The summed E-state index contributed by atoms with van der Waals surface area (Å²) in [7, 11) is 1.44. The summed E-state index contributed by atoms with van der Waals surface area (Å²) in [5.41, 5.74) is 2.76. The van der Waals surface area contributed by atoms with Crippen LogP contribution in [0.1, 0.15) is 59.6 Å². The van der Waals surface area contributed by atoms with Crippen LogP contribution in [0.2, 0.25) is 0 Å². The molecule has 28 heavy (non-hydrogen) atoms. The number of benzene rings is 1. The van der Waals surface area contributed by atoms with Gasteiger partial charge in [-0.3, -0.25) is 4.79 Å². The lowest BCUT2D eigenvalue weighted by atomic mass is 9.87. The molecule has 1 aromatic carbocycles. The molecule has 0 fully saturated rings. The molecular formula is C24H33NO3. The second-order valence-electron chi connectivity index (χ2n) is 8.88. The molecular weight excluding hydrogens is 350 g/mol. The Bertz CT molecular complexity index is 776. The van der Waals surface area contributed by atoms with Crippen LogP contribution in [0.15, 0.2) is 42.5 Å². The van der Waals surface area contributed by atoms with Gasteiger partial charge >= 0.3 is 5.97 Å². The number of pyridine rings is 1. The Labute approximate surface area is 169 Å². The van der Waals surface area contributed by atoms with Crippen molar-refractivity contribution in [3.63, 3.8) is 0 Å². The van der Waals surface area contributed by atoms with Crippen LogP contribution < -0.4 is 4.74 Å². The second-order valence-corrected chi connectivity index (χ2v) is 8.88. The van der Waals surface area contributed by atoms with E-state index in [2.05, 4.69) is 39.0 Å². The number of ether oxygens (including phenoxy) is 2. The van der Waals surface area contributed by atoms with Gasteiger partial charge in [-0.05, 0) is 50.3 Å². The third-order valence-corrected chi connectivity index (χ3v) is 4.86. The highest BCUT2D eigenvalue weighted by atomic mass is 16.5. The van der Waals surface area contributed by atoms with Gasteiger partial charge in [0.2, 0.25) is 5.88 Å². The van der Waals surface area contributed by atoms with Crippen LogP contribution in [0, 0.1) is 5.41 Å². The molecule has 0 saturated heterocycles. The number of carbonyl (C=O) groups excluding carboxylic acids is 1. The summed E-state index contributed by atoms with van der Waals surface area (Å²) in [6, 6.07) is 14.4. The first kappa shape index (κ1) is 21.9. The van der Waals surface area contributed by atoms with Crippen molar-refractivity contribution in [1.29, 1.82) is 0 Å². The summed E-state index contributed by atoms with van der Waals surface area (Å²) in [5.74, 6) is 0.485. The number of carbonyl (C=O) groups is 1. The van der Waals surface area contributed by atoms with E-state index in [0.717, 1.165) is 36.1 Å². The van der Waals surface area contributed by atoms with E-state index in [-0.39, 0.29) is 11.4 Å². The third-order valence-electron chi connectivity index (χ3n) is 4.86. The van der Waals surface area contributed by atoms with Gasteiger partial charge in [0.15, 0.2) is 0 Å². The average Bonchev–Trinajstić information content (AvgIpc) is 2.66. The second kappa shape index (κ2) is 9.22. The van der Waals surface area contributed by atoms with E-state index in [9.17, 15) is 4.79 Å². The average molecular weight is 384 g/mol. The lowest BCUT2D eigenvalue weighted by molar-refractivity contribution is -0.151. The Morgan fingerprint density at radius 3 is 2.25 bits per heavy atom. The van der Waals surface area contributed by atoms with Crippen molar-refractivity contribution in [2.24, 2.45) is 5.41 Å². The van der Waals surface area contributed by atoms with E-state index in [1.165, 1.54) is 7.11 Å². The molecule has 2 aromatic rings. The maximum Gasteiger partial charge on any atom is 0.311 e. The Hall–Kier alpha value is -2.36. The molecule has 0 bridgehead atoms. The van der Waals surface area contributed by atoms with Gasteiger partial charge in [-0.2, -0.15) is 0 Å². The number of hydrogen-bond acceptors (Lipinski definition) is 4. The monoisotopic (exact) mass is 383 g/mol. The zero-order valence-corrected chi connectivity index (χ0v) is 18.0.